The van der Waals surface area contributed by atoms with Gasteiger partial charge in [-0.2, -0.15) is 0 Å². The van der Waals surface area contributed by atoms with Crippen LogP contribution < -0.4 is 18.9 Å². The topological polar surface area (TPSA) is 124 Å². The third-order valence-corrected chi connectivity index (χ3v) is 9.62. The quantitative estimate of drug-likeness (QED) is 0.100. The number of hydrogen-bond acceptors (Lipinski definition) is 10. The SMILES string of the molecule is COC(=O)c1cc(OCc2ccccc2)cc(Oc2ccc(S(=O)(=O)c3ccc(Oc4cc(OCc5ccccc5)cc(C(=O)OC)c4)cc3)cc2)c1. The van der Waals surface area contributed by atoms with Gasteiger partial charge in [0.2, 0.25) is 9.84 Å². The molecule has 6 rings (SSSR count). The molecule has 0 heterocycles. The van der Waals surface area contributed by atoms with Crippen molar-refractivity contribution >= 4 is 21.8 Å². The molecule has 6 aromatic rings. The minimum Gasteiger partial charge on any atom is -0.489 e. The first-order chi connectivity index (χ1) is 25.7. The van der Waals surface area contributed by atoms with Crippen molar-refractivity contribution in [2.24, 2.45) is 0 Å². The normalized spacial score (nSPS) is 10.9. The van der Waals surface area contributed by atoms with Gasteiger partial charge in [0, 0.05) is 12.1 Å². The molecular weight excluding hydrogens is 697 g/mol. The Hall–Kier alpha value is -6.59. The van der Waals surface area contributed by atoms with Gasteiger partial charge in [-0.25, -0.2) is 18.0 Å². The highest BCUT2D eigenvalue weighted by Crippen LogP contribution is 2.32. The molecule has 0 amide bonds. The molecule has 10 nitrogen and oxygen atoms in total. The van der Waals surface area contributed by atoms with Gasteiger partial charge in [0.25, 0.3) is 0 Å². The highest BCUT2D eigenvalue weighted by atomic mass is 32.2. The van der Waals surface area contributed by atoms with E-state index in [9.17, 15) is 18.0 Å². The van der Waals surface area contributed by atoms with E-state index in [1.807, 2.05) is 60.7 Å². The molecule has 0 unspecified atom stereocenters. The number of rotatable bonds is 14. The highest BCUT2D eigenvalue weighted by molar-refractivity contribution is 7.91. The molecular formula is C42H34O10S. The third-order valence-electron chi connectivity index (χ3n) is 7.84. The van der Waals surface area contributed by atoms with Crippen molar-refractivity contribution < 1.29 is 46.4 Å². The van der Waals surface area contributed by atoms with E-state index < -0.39 is 21.8 Å². The zero-order chi connectivity index (χ0) is 37.2. The van der Waals surface area contributed by atoms with E-state index in [-0.39, 0.29) is 34.1 Å². The van der Waals surface area contributed by atoms with E-state index in [1.165, 1.54) is 74.9 Å². The molecule has 53 heavy (non-hydrogen) atoms. The monoisotopic (exact) mass is 730 g/mol. The van der Waals surface area contributed by atoms with Crippen LogP contribution in [-0.4, -0.2) is 34.6 Å². The van der Waals surface area contributed by atoms with E-state index >= 15 is 0 Å². The minimum absolute atomic E-state index is 0.0414. The maximum Gasteiger partial charge on any atom is 0.338 e. The fourth-order valence-electron chi connectivity index (χ4n) is 5.16. The highest BCUT2D eigenvalue weighted by Gasteiger charge is 2.19. The summed E-state index contributed by atoms with van der Waals surface area (Å²) in [6.45, 7) is 0.552. The Labute approximate surface area is 307 Å². The van der Waals surface area contributed by atoms with Crippen LogP contribution in [0.25, 0.3) is 0 Å². The van der Waals surface area contributed by atoms with Crippen molar-refractivity contribution in [3.8, 4) is 34.5 Å². The van der Waals surface area contributed by atoms with Crippen LogP contribution in [0.4, 0.5) is 0 Å². The second-order valence-corrected chi connectivity index (χ2v) is 13.5. The van der Waals surface area contributed by atoms with Crippen LogP contribution in [0.1, 0.15) is 31.8 Å². The second kappa shape index (κ2) is 16.6. The summed E-state index contributed by atoms with van der Waals surface area (Å²) in [5.74, 6) is 0.937. The molecule has 0 saturated carbocycles. The van der Waals surface area contributed by atoms with Gasteiger partial charge in [0.05, 0.1) is 35.1 Å². The van der Waals surface area contributed by atoms with Crippen molar-refractivity contribution in [2.75, 3.05) is 14.2 Å². The zero-order valence-electron chi connectivity index (χ0n) is 28.8. The number of carbonyl (C=O) groups excluding carboxylic acids is 2. The first-order valence-electron chi connectivity index (χ1n) is 16.3. The number of hydrogen-bond donors (Lipinski definition) is 0. The molecule has 0 aliphatic carbocycles. The molecule has 0 atom stereocenters. The van der Waals surface area contributed by atoms with Gasteiger partial charge in [-0.3, -0.25) is 0 Å². The van der Waals surface area contributed by atoms with Crippen molar-refractivity contribution in [3.05, 3.63) is 168 Å². The predicted molar refractivity (Wildman–Crippen MR) is 196 cm³/mol. The van der Waals surface area contributed by atoms with Crippen LogP contribution in [0, 0.1) is 0 Å². The second-order valence-electron chi connectivity index (χ2n) is 11.6. The number of benzene rings is 6. The summed E-state index contributed by atoms with van der Waals surface area (Å²) in [7, 11) is -1.35. The smallest absolute Gasteiger partial charge is 0.338 e. The van der Waals surface area contributed by atoms with Crippen LogP contribution in [0.5, 0.6) is 34.5 Å². The Balaban J connectivity index is 1.14. The molecule has 11 heteroatoms. The van der Waals surface area contributed by atoms with Gasteiger partial charge in [-0.05, 0) is 83.9 Å². The summed E-state index contributed by atoms with van der Waals surface area (Å²) in [6, 6.07) is 40.3. The van der Waals surface area contributed by atoms with Crippen molar-refractivity contribution in [3.63, 3.8) is 0 Å². The van der Waals surface area contributed by atoms with E-state index in [0.29, 0.717) is 34.5 Å². The summed E-state index contributed by atoms with van der Waals surface area (Å²) in [4.78, 5) is 24.8. The summed E-state index contributed by atoms with van der Waals surface area (Å²) in [5.41, 5.74) is 2.35. The number of methoxy groups -OCH3 is 2. The van der Waals surface area contributed by atoms with Crippen LogP contribution in [0.15, 0.2) is 155 Å². The molecule has 0 spiro atoms. The Kier molecular flexibility index (Phi) is 11.4. The van der Waals surface area contributed by atoms with Gasteiger partial charge >= 0.3 is 11.9 Å². The molecule has 0 fully saturated rings. The fourth-order valence-corrected chi connectivity index (χ4v) is 6.42. The molecule has 0 radical (unpaired) electrons. The minimum atomic E-state index is -3.92. The van der Waals surface area contributed by atoms with E-state index in [1.54, 1.807) is 24.3 Å². The molecule has 0 aliphatic heterocycles. The molecule has 0 aliphatic rings. The lowest BCUT2D eigenvalue weighted by Gasteiger charge is -2.13. The van der Waals surface area contributed by atoms with E-state index in [2.05, 4.69) is 0 Å². The first-order valence-corrected chi connectivity index (χ1v) is 17.8. The maximum atomic E-state index is 13.5. The molecule has 0 N–H and O–H groups in total. The predicted octanol–water partition coefficient (Wildman–Crippen LogP) is 8.84. The molecule has 0 saturated heterocycles. The molecule has 268 valence electrons. The number of carbonyl (C=O) groups is 2. The average molecular weight is 731 g/mol. The van der Waals surface area contributed by atoms with Crippen LogP contribution in [-0.2, 0) is 32.5 Å². The summed E-state index contributed by atoms with van der Waals surface area (Å²) >= 11 is 0. The van der Waals surface area contributed by atoms with Gasteiger partial charge in [0.1, 0.15) is 47.7 Å². The molecule has 0 aromatic heterocycles. The Morgan fingerprint density at radius 3 is 1.17 bits per heavy atom. The Bertz CT molecular complexity index is 2130. The fraction of sp³-hybridized carbons (Fsp3) is 0.0952. The van der Waals surface area contributed by atoms with E-state index in [4.69, 9.17) is 28.4 Å². The van der Waals surface area contributed by atoms with Crippen molar-refractivity contribution in [1.82, 2.24) is 0 Å². The summed E-state index contributed by atoms with van der Waals surface area (Å²) < 4.78 is 60.6. The van der Waals surface area contributed by atoms with Gasteiger partial charge in [-0.15, -0.1) is 0 Å². The summed E-state index contributed by atoms with van der Waals surface area (Å²) in [5, 5.41) is 0. The van der Waals surface area contributed by atoms with Gasteiger partial charge in [-0.1, -0.05) is 60.7 Å². The number of sulfone groups is 1. The average Bonchev–Trinajstić information content (AvgIpc) is 3.19. The van der Waals surface area contributed by atoms with Crippen molar-refractivity contribution in [2.45, 2.75) is 23.0 Å². The van der Waals surface area contributed by atoms with Crippen LogP contribution in [0.3, 0.4) is 0 Å². The van der Waals surface area contributed by atoms with Crippen LogP contribution in [0.2, 0.25) is 0 Å². The largest absolute Gasteiger partial charge is 0.489 e. The Morgan fingerprint density at radius 2 is 0.811 bits per heavy atom. The lowest BCUT2D eigenvalue weighted by molar-refractivity contribution is 0.0591. The van der Waals surface area contributed by atoms with E-state index in [0.717, 1.165) is 11.1 Å². The van der Waals surface area contributed by atoms with Gasteiger partial charge in [0.15, 0.2) is 0 Å². The molecule has 6 aromatic carbocycles. The number of esters is 2. The van der Waals surface area contributed by atoms with Crippen LogP contribution >= 0.6 is 0 Å². The lowest BCUT2D eigenvalue weighted by Crippen LogP contribution is -2.04. The lowest BCUT2D eigenvalue weighted by atomic mass is 10.2. The van der Waals surface area contributed by atoms with Crippen molar-refractivity contribution in [1.29, 1.82) is 0 Å². The first kappa shape index (κ1) is 36.2. The van der Waals surface area contributed by atoms with Gasteiger partial charge < -0.3 is 28.4 Å². The number of ether oxygens (including phenoxy) is 6. The third kappa shape index (κ3) is 9.40. The zero-order valence-corrected chi connectivity index (χ0v) is 29.6. The Morgan fingerprint density at radius 1 is 0.453 bits per heavy atom. The molecule has 0 bridgehead atoms. The maximum absolute atomic E-state index is 13.5. The summed E-state index contributed by atoms with van der Waals surface area (Å²) in [6.07, 6.45) is 0. The standard InChI is InChI=1S/C42H34O10S/c1-47-41(43)31-21-35(49-27-29-9-5-3-6-10-29)25-37(23-31)51-33-13-17-39(18-14-33)53(45,46)40-19-15-34(16-20-40)52-38-24-32(42(44)48-2)22-36(26-38)50-28-30-11-7-4-8-12-30/h3-26H,27-28H2,1-2H3.